The number of ether oxygens (including phenoxy) is 1. The summed E-state index contributed by atoms with van der Waals surface area (Å²) in [5, 5.41) is 14.2. The minimum absolute atomic E-state index is 0.0649. The van der Waals surface area contributed by atoms with Crippen LogP contribution in [0.15, 0.2) is 0 Å². The third-order valence-corrected chi connectivity index (χ3v) is 3.18. The SMILES string of the molecule is COCCCC(O)c1snnc1C(C)(C)C. The molecule has 1 aromatic rings. The monoisotopic (exact) mass is 244 g/mol. The molecule has 92 valence electrons. The van der Waals surface area contributed by atoms with Crippen LogP contribution in [-0.4, -0.2) is 28.4 Å². The Morgan fingerprint density at radius 2 is 2.12 bits per heavy atom. The lowest BCUT2D eigenvalue weighted by Crippen LogP contribution is -2.15. The average Bonchev–Trinajstić information content (AvgIpc) is 2.65. The summed E-state index contributed by atoms with van der Waals surface area (Å²) in [6, 6.07) is 0. The van der Waals surface area contributed by atoms with E-state index in [-0.39, 0.29) is 5.41 Å². The van der Waals surface area contributed by atoms with Crippen molar-refractivity contribution in [1.82, 2.24) is 9.59 Å². The van der Waals surface area contributed by atoms with Crippen LogP contribution in [-0.2, 0) is 10.2 Å². The Balaban J connectivity index is 2.68. The van der Waals surface area contributed by atoms with Crippen molar-refractivity contribution in [1.29, 1.82) is 0 Å². The van der Waals surface area contributed by atoms with Crippen LogP contribution in [0.5, 0.6) is 0 Å². The summed E-state index contributed by atoms with van der Waals surface area (Å²) in [6.07, 6.45) is 1.07. The number of rotatable bonds is 5. The van der Waals surface area contributed by atoms with Gasteiger partial charge in [-0.25, -0.2) is 0 Å². The van der Waals surface area contributed by atoms with Gasteiger partial charge >= 0.3 is 0 Å². The lowest BCUT2D eigenvalue weighted by Gasteiger charge is -2.18. The molecule has 1 rings (SSSR count). The quantitative estimate of drug-likeness (QED) is 0.807. The Hall–Kier alpha value is -0.520. The minimum atomic E-state index is -0.468. The highest BCUT2D eigenvalue weighted by atomic mass is 32.1. The molecule has 1 unspecified atom stereocenters. The van der Waals surface area contributed by atoms with Gasteiger partial charge in [-0.3, -0.25) is 0 Å². The van der Waals surface area contributed by atoms with Crippen molar-refractivity contribution in [2.75, 3.05) is 13.7 Å². The maximum atomic E-state index is 10.1. The van der Waals surface area contributed by atoms with Crippen LogP contribution in [0, 0.1) is 0 Å². The van der Waals surface area contributed by atoms with Gasteiger partial charge < -0.3 is 9.84 Å². The van der Waals surface area contributed by atoms with Gasteiger partial charge in [0.05, 0.1) is 16.7 Å². The predicted molar refractivity (Wildman–Crippen MR) is 64.7 cm³/mol. The highest BCUT2D eigenvalue weighted by molar-refractivity contribution is 7.05. The van der Waals surface area contributed by atoms with Crippen LogP contribution in [0.4, 0.5) is 0 Å². The standard InChI is InChI=1S/C11H20N2O2S/c1-11(2,3)10-9(16-13-12-10)8(14)6-5-7-15-4/h8,14H,5-7H2,1-4H3. The minimum Gasteiger partial charge on any atom is -0.387 e. The highest BCUT2D eigenvalue weighted by Gasteiger charge is 2.25. The summed E-state index contributed by atoms with van der Waals surface area (Å²) in [4.78, 5) is 0.892. The van der Waals surface area contributed by atoms with Crippen molar-refractivity contribution in [2.45, 2.75) is 45.1 Å². The van der Waals surface area contributed by atoms with Crippen LogP contribution in [0.25, 0.3) is 0 Å². The van der Waals surface area contributed by atoms with E-state index in [1.165, 1.54) is 11.5 Å². The normalized spacial score (nSPS) is 14.1. The molecule has 0 amide bonds. The van der Waals surface area contributed by atoms with E-state index in [9.17, 15) is 5.11 Å². The second-order valence-corrected chi connectivity index (χ2v) is 5.67. The van der Waals surface area contributed by atoms with Crippen molar-refractivity contribution in [3.05, 3.63) is 10.6 Å². The summed E-state index contributed by atoms with van der Waals surface area (Å²) in [6.45, 7) is 6.91. The maximum absolute atomic E-state index is 10.1. The summed E-state index contributed by atoms with van der Waals surface area (Å²) in [7, 11) is 1.67. The highest BCUT2D eigenvalue weighted by Crippen LogP contribution is 2.32. The molecular formula is C11H20N2O2S. The second-order valence-electron chi connectivity index (χ2n) is 4.89. The van der Waals surface area contributed by atoms with Gasteiger partial charge in [-0.2, -0.15) is 0 Å². The molecule has 0 saturated carbocycles. The lowest BCUT2D eigenvalue weighted by molar-refractivity contribution is 0.137. The second kappa shape index (κ2) is 5.70. The first-order valence-electron chi connectivity index (χ1n) is 5.46. The molecule has 0 fully saturated rings. The molecule has 4 nitrogen and oxygen atoms in total. The van der Waals surface area contributed by atoms with E-state index in [4.69, 9.17) is 4.74 Å². The van der Waals surface area contributed by atoms with Gasteiger partial charge in [0.1, 0.15) is 0 Å². The Morgan fingerprint density at radius 3 is 2.69 bits per heavy atom. The number of aromatic nitrogens is 2. The molecule has 1 aromatic heterocycles. The average molecular weight is 244 g/mol. The fraction of sp³-hybridized carbons (Fsp3) is 0.818. The largest absolute Gasteiger partial charge is 0.387 e. The summed E-state index contributed by atoms with van der Waals surface area (Å²) < 4.78 is 8.91. The number of aliphatic hydroxyl groups excluding tert-OH is 1. The number of methoxy groups -OCH3 is 1. The first-order chi connectivity index (χ1) is 7.46. The molecule has 1 heterocycles. The molecule has 0 spiro atoms. The molecule has 0 bridgehead atoms. The molecule has 1 N–H and O–H groups in total. The van der Waals surface area contributed by atoms with Crippen molar-refractivity contribution < 1.29 is 9.84 Å². The van der Waals surface area contributed by atoms with Gasteiger partial charge in [-0.15, -0.1) is 5.10 Å². The number of hydrogen-bond donors (Lipinski definition) is 1. The first-order valence-corrected chi connectivity index (χ1v) is 6.24. The summed E-state index contributed by atoms with van der Waals surface area (Å²) >= 11 is 1.29. The molecule has 16 heavy (non-hydrogen) atoms. The third kappa shape index (κ3) is 3.50. The Labute approximate surface area is 101 Å². The molecule has 0 aromatic carbocycles. The van der Waals surface area contributed by atoms with Crippen LogP contribution in [0.1, 0.15) is 50.3 Å². The molecule has 0 saturated heterocycles. The molecule has 0 radical (unpaired) electrons. The summed E-state index contributed by atoms with van der Waals surface area (Å²) in [5.41, 5.74) is 0.840. The molecule has 0 aliphatic heterocycles. The Morgan fingerprint density at radius 1 is 1.44 bits per heavy atom. The number of aliphatic hydroxyl groups is 1. The van der Waals surface area contributed by atoms with Crippen molar-refractivity contribution in [3.8, 4) is 0 Å². The zero-order valence-electron chi connectivity index (χ0n) is 10.4. The van der Waals surface area contributed by atoms with Gasteiger partial charge in [0.25, 0.3) is 0 Å². The topological polar surface area (TPSA) is 55.2 Å². The molecule has 5 heteroatoms. The fourth-order valence-electron chi connectivity index (χ4n) is 1.49. The van der Waals surface area contributed by atoms with Gasteiger partial charge in [0.15, 0.2) is 0 Å². The molecular weight excluding hydrogens is 224 g/mol. The van der Waals surface area contributed by atoms with Crippen molar-refractivity contribution >= 4 is 11.5 Å². The van der Waals surface area contributed by atoms with Crippen LogP contribution in [0.2, 0.25) is 0 Å². The maximum Gasteiger partial charge on any atom is 0.0918 e. The molecule has 0 aliphatic rings. The van der Waals surface area contributed by atoms with Gasteiger partial charge in [-0.05, 0) is 24.4 Å². The van der Waals surface area contributed by atoms with Crippen LogP contribution >= 0.6 is 11.5 Å². The smallest absolute Gasteiger partial charge is 0.0918 e. The zero-order chi connectivity index (χ0) is 12.2. The van der Waals surface area contributed by atoms with Gasteiger partial charge in [-0.1, -0.05) is 25.3 Å². The molecule has 1 atom stereocenters. The van der Waals surface area contributed by atoms with E-state index in [1.807, 2.05) is 0 Å². The van der Waals surface area contributed by atoms with E-state index in [0.29, 0.717) is 13.0 Å². The Kier molecular flexibility index (Phi) is 4.83. The van der Waals surface area contributed by atoms with Gasteiger partial charge in [0, 0.05) is 19.1 Å². The van der Waals surface area contributed by atoms with E-state index in [1.54, 1.807) is 7.11 Å². The fourth-order valence-corrected chi connectivity index (χ4v) is 2.37. The Bertz CT molecular complexity index is 320. The van der Waals surface area contributed by atoms with Gasteiger partial charge in [0.2, 0.25) is 0 Å². The van der Waals surface area contributed by atoms with Crippen molar-refractivity contribution in [3.63, 3.8) is 0 Å². The zero-order valence-corrected chi connectivity index (χ0v) is 11.2. The third-order valence-electron chi connectivity index (χ3n) is 2.35. The van der Waals surface area contributed by atoms with E-state index in [0.717, 1.165) is 17.0 Å². The predicted octanol–water partition coefficient (Wildman–Crippen LogP) is 2.30. The molecule has 0 aliphatic carbocycles. The van der Waals surface area contributed by atoms with Crippen molar-refractivity contribution in [2.24, 2.45) is 0 Å². The van der Waals surface area contributed by atoms with E-state index in [2.05, 4.69) is 30.4 Å². The van der Waals surface area contributed by atoms with Crippen LogP contribution in [0.3, 0.4) is 0 Å². The van der Waals surface area contributed by atoms with E-state index < -0.39 is 6.10 Å². The van der Waals surface area contributed by atoms with Crippen LogP contribution < -0.4 is 0 Å². The summed E-state index contributed by atoms with van der Waals surface area (Å²) in [5.74, 6) is 0. The number of nitrogens with zero attached hydrogens (tertiary/aromatic N) is 2. The lowest BCUT2D eigenvalue weighted by atomic mass is 9.90. The first kappa shape index (κ1) is 13.5. The van der Waals surface area contributed by atoms with E-state index >= 15 is 0 Å². The number of hydrogen-bond acceptors (Lipinski definition) is 5.